The van der Waals surface area contributed by atoms with Crippen LogP contribution in [0.3, 0.4) is 0 Å². The van der Waals surface area contributed by atoms with Crippen molar-refractivity contribution in [2.24, 2.45) is 0 Å². The number of nitrogens with zero attached hydrogens (tertiary/aromatic N) is 5. The highest BCUT2D eigenvalue weighted by Gasteiger charge is 2.20. The predicted molar refractivity (Wildman–Crippen MR) is 252 cm³/mol. The van der Waals surface area contributed by atoms with Gasteiger partial charge in [0.15, 0.2) is 6.29 Å². The maximum absolute atomic E-state index is 11.2. The number of hydrogen-bond donors (Lipinski definition) is 2. The molecule has 0 aromatic carbocycles. The van der Waals surface area contributed by atoms with Gasteiger partial charge in [-0.15, -0.1) is 0 Å². The number of aromatic nitrogens is 5. The Hall–Kier alpha value is -6.59. The van der Waals surface area contributed by atoms with E-state index in [-0.39, 0.29) is 28.7 Å². The SMILES string of the molecule is C=C(C(=O)OC)C(C)c1cc(Cl)ccn1.C=C(C(=O)OC)C(O)c1cc(Cl)ccn1.COC(=O)c1cc2cc(Cl)ccn2c1.O=C(O)c1cc2cc(Cl)ccn2c1.O=Cc1cc(Cl)ccn1. The number of esters is 3. The second kappa shape index (κ2) is 26.4. The highest BCUT2D eigenvalue weighted by atomic mass is 35.5. The second-order valence-electron chi connectivity index (χ2n) is 13.1. The number of methoxy groups -OCH3 is 3. The van der Waals surface area contributed by atoms with Crippen LogP contribution in [0.2, 0.25) is 25.1 Å². The zero-order chi connectivity index (χ0) is 49.1. The van der Waals surface area contributed by atoms with Gasteiger partial charge in [0.2, 0.25) is 0 Å². The van der Waals surface area contributed by atoms with E-state index in [1.54, 1.807) is 96.0 Å². The summed E-state index contributed by atoms with van der Waals surface area (Å²) >= 11 is 28.6. The summed E-state index contributed by atoms with van der Waals surface area (Å²) in [6.07, 6.45) is 10.8. The van der Waals surface area contributed by atoms with Gasteiger partial charge in [0.25, 0.3) is 0 Å². The number of carboxylic acid groups (broad SMARTS) is 1. The predicted octanol–water partition coefficient (Wildman–Crippen LogP) is 10.3. The fourth-order valence-corrected chi connectivity index (χ4v) is 5.97. The van der Waals surface area contributed by atoms with Crippen LogP contribution in [0.4, 0.5) is 0 Å². The molecule has 7 heterocycles. The molecule has 66 heavy (non-hydrogen) atoms. The lowest BCUT2D eigenvalue weighted by Crippen LogP contribution is -2.12. The molecule has 7 aromatic rings. The average molecular weight is 1000 g/mol. The number of ether oxygens (including phenoxy) is 3. The van der Waals surface area contributed by atoms with E-state index in [9.17, 15) is 29.1 Å². The van der Waals surface area contributed by atoms with Gasteiger partial charge in [-0.2, -0.15) is 0 Å². The summed E-state index contributed by atoms with van der Waals surface area (Å²) in [5.41, 5.74) is 4.07. The van der Waals surface area contributed by atoms with Crippen molar-refractivity contribution < 1.29 is 48.4 Å². The van der Waals surface area contributed by atoms with Crippen LogP contribution < -0.4 is 0 Å². The highest BCUT2D eigenvalue weighted by Crippen LogP contribution is 2.24. The number of carbonyl (C=O) groups is 5. The van der Waals surface area contributed by atoms with E-state index < -0.39 is 24.0 Å². The molecule has 2 N–H and O–H groups in total. The van der Waals surface area contributed by atoms with E-state index in [0.717, 1.165) is 11.0 Å². The first-order valence-corrected chi connectivity index (χ1v) is 20.6. The van der Waals surface area contributed by atoms with Gasteiger partial charge in [0, 0.05) is 96.7 Å². The average Bonchev–Trinajstić information content (AvgIpc) is 3.95. The molecule has 0 aliphatic rings. The number of fused-ring (bicyclic) bond motifs is 2. The Kier molecular flexibility index (Phi) is 21.5. The number of halogens is 5. The van der Waals surface area contributed by atoms with Gasteiger partial charge in [-0.05, 0) is 72.8 Å². The highest BCUT2D eigenvalue weighted by molar-refractivity contribution is 6.32. The van der Waals surface area contributed by atoms with E-state index in [4.69, 9.17) is 63.1 Å². The summed E-state index contributed by atoms with van der Waals surface area (Å²) in [6, 6.07) is 19.8. The summed E-state index contributed by atoms with van der Waals surface area (Å²) in [4.78, 5) is 65.8. The number of aromatic carboxylic acids is 1. The van der Waals surface area contributed by atoms with E-state index in [0.29, 0.717) is 53.9 Å². The van der Waals surface area contributed by atoms with Crippen LogP contribution in [0.5, 0.6) is 0 Å². The monoisotopic (exact) mass is 997 g/mol. The zero-order valence-electron chi connectivity index (χ0n) is 35.4. The van der Waals surface area contributed by atoms with Gasteiger partial charge < -0.3 is 33.2 Å². The van der Waals surface area contributed by atoms with Crippen LogP contribution in [0.1, 0.15) is 61.5 Å². The van der Waals surface area contributed by atoms with Crippen LogP contribution in [0, 0.1) is 0 Å². The molecular weight excluding hydrogens is 960 g/mol. The fourth-order valence-electron chi connectivity index (χ4n) is 5.13. The van der Waals surface area contributed by atoms with Crippen molar-refractivity contribution in [1.29, 1.82) is 0 Å². The molecule has 2 atom stereocenters. The van der Waals surface area contributed by atoms with Crippen molar-refractivity contribution in [3.8, 4) is 0 Å². The largest absolute Gasteiger partial charge is 0.478 e. The lowest BCUT2D eigenvalue weighted by atomic mass is 9.99. The second-order valence-corrected chi connectivity index (χ2v) is 15.3. The third kappa shape index (κ3) is 16.4. The zero-order valence-corrected chi connectivity index (χ0v) is 39.2. The maximum atomic E-state index is 11.2. The van der Waals surface area contributed by atoms with Crippen LogP contribution in [0.25, 0.3) is 11.0 Å². The number of pyridine rings is 5. The quantitative estimate of drug-likeness (QED) is 0.0599. The molecule has 15 nitrogen and oxygen atoms in total. The molecule has 0 saturated heterocycles. The van der Waals surface area contributed by atoms with Crippen molar-refractivity contribution in [2.45, 2.75) is 18.9 Å². The van der Waals surface area contributed by atoms with Crippen LogP contribution in [-0.2, 0) is 23.8 Å². The number of carbonyl (C=O) groups excluding carboxylic acids is 4. The molecule has 0 spiro atoms. The minimum absolute atomic E-state index is 0.0766. The van der Waals surface area contributed by atoms with Crippen molar-refractivity contribution >= 4 is 99.2 Å². The molecule has 344 valence electrons. The first-order valence-electron chi connectivity index (χ1n) is 18.7. The van der Waals surface area contributed by atoms with Gasteiger partial charge in [-0.3, -0.25) is 19.7 Å². The summed E-state index contributed by atoms with van der Waals surface area (Å²) in [6.45, 7) is 8.93. The Morgan fingerprint density at radius 3 is 1.52 bits per heavy atom. The minimum Gasteiger partial charge on any atom is -0.478 e. The van der Waals surface area contributed by atoms with Gasteiger partial charge in [-0.25, -0.2) is 19.2 Å². The standard InChI is InChI=1S/C11H12ClNO2.C10H10ClNO3.C10H8ClNO2.C9H6ClNO2.C6H4ClNO/c1-7(8(2)11(14)15-3)10-6-9(12)4-5-13-10;1-6(10(14)15-2)9(13)8-5-7(11)3-4-12-8;1-14-10(13)7-4-9-5-8(11)2-3-12(9)6-7;10-7-1-2-11-5-6(9(12)13)3-8(11)4-7;7-5-1-2-8-6(3-5)4-9/h4-7H,2H2,1,3H3;3-5,9,13H,1H2,2H3;2-6H,1H3;1-5H,(H,12,13);1-4H. The Labute approximate surface area is 403 Å². The van der Waals surface area contributed by atoms with Crippen LogP contribution >= 0.6 is 58.0 Å². The third-order valence-electron chi connectivity index (χ3n) is 8.61. The van der Waals surface area contributed by atoms with Crippen molar-refractivity contribution in [1.82, 2.24) is 23.8 Å². The molecule has 0 aliphatic heterocycles. The Balaban J connectivity index is 0.000000221. The molecule has 0 saturated carbocycles. The lowest BCUT2D eigenvalue weighted by molar-refractivity contribution is -0.137. The number of hydrogen-bond acceptors (Lipinski definition) is 12. The molecule has 0 amide bonds. The first-order chi connectivity index (χ1) is 31.3. The van der Waals surface area contributed by atoms with Crippen LogP contribution in [-0.4, -0.2) is 85.5 Å². The number of aliphatic hydroxyl groups is 1. The summed E-state index contributed by atoms with van der Waals surface area (Å²) < 4.78 is 17.2. The normalized spacial score (nSPS) is 10.9. The lowest BCUT2D eigenvalue weighted by Gasteiger charge is -2.12. The Morgan fingerprint density at radius 1 is 0.621 bits per heavy atom. The van der Waals surface area contributed by atoms with Gasteiger partial charge in [0.1, 0.15) is 11.8 Å². The van der Waals surface area contributed by atoms with Crippen molar-refractivity contribution in [3.63, 3.8) is 0 Å². The number of rotatable bonds is 9. The molecule has 2 unspecified atom stereocenters. The number of aliphatic hydroxyl groups excluding tert-OH is 1. The molecule has 20 heteroatoms. The topological polar surface area (TPSA) is 201 Å². The smallest absolute Gasteiger partial charge is 0.339 e. The Morgan fingerprint density at radius 2 is 1.06 bits per heavy atom. The molecule has 7 aromatic heterocycles. The minimum atomic E-state index is -1.20. The van der Waals surface area contributed by atoms with Gasteiger partial charge in [0.05, 0.1) is 43.7 Å². The number of aldehydes is 1. The van der Waals surface area contributed by atoms with E-state index >= 15 is 0 Å². The molecule has 0 radical (unpaired) electrons. The first kappa shape index (κ1) is 53.7. The van der Waals surface area contributed by atoms with Gasteiger partial charge >= 0.3 is 23.9 Å². The Bertz CT molecular complexity index is 2770. The summed E-state index contributed by atoms with van der Waals surface area (Å²) in [5, 5.41) is 21.2. The van der Waals surface area contributed by atoms with E-state index in [1.807, 2.05) is 11.3 Å². The molecule has 0 bridgehead atoms. The summed E-state index contributed by atoms with van der Waals surface area (Å²) in [5.74, 6) is -2.57. The number of carboxylic acids is 1. The maximum Gasteiger partial charge on any atom is 0.339 e. The van der Waals surface area contributed by atoms with Gasteiger partial charge in [-0.1, -0.05) is 78.1 Å². The van der Waals surface area contributed by atoms with E-state index in [2.05, 4.69) is 42.3 Å². The van der Waals surface area contributed by atoms with Crippen molar-refractivity contribution in [2.75, 3.05) is 21.3 Å². The summed E-state index contributed by atoms with van der Waals surface area (Å²) in [7, 11) is 3.90. The van der Waals surface area contributed by atoms with Crippen LogP contribution in [0.15, 0.2) is 140 Å². The van der Waals surface area contributed by atoms with E-state index in [1.165, 1.54) is 45.9 Å². The molecule has 0 fully saturated rings. The molecule has 7 rings (SSSR count). The fraction of sp³-hybridized carbons (Fsp3) is 0.130. The molecular formula is C46H40Cl5N5O10. The molecule has 0 aliphatic carbocycles. The van der Waals surface area contributed by atoms with Crippen molar-refractivity contribution in [3.05, 3.63) is 194 Å². The third-order valence-corrected chi connectivity index (χ3v) is 9.79.